The van der Waals surface area contributed by atoms with Crippen molar-refractivity contribution in [1.29, 1.82) is 0 Å². The summed E-state index contributed by atoms with van der Waals surface area (Å²) in [6.07, 6.45) is -0.530. The average molecular weight is 466 g/mol. The Labute approximate surface area is 199 Å². The van der Waals surface area contributed by atoms with Crippen LogP contribution in [0.25, 0.3) is 0 Å². The van der Waals surface area contributed by atoms with E-state index in [0.29, 0.717) is 24.7 Å². The maximum absolute atomic E-state index is 14.0. The number of carboxylic acid groups (broad SMARTS) is 1. The first-order valence-corrected chi connectivity index (χ1v) is 11.9. The Morgan fingerprint density at radius 2 is 1.91 bits per heavy atom. The number of carbonyl (C=O) groups excluding carboxylic acids is 1. The van der Waals surface area contributed by atoms with Crippen molar-refractivity contribution in [2.75, 3.05) is 18.1 Å². The number of carbonyl (C=O) groups is 2. The third-order valence-electron chi connectivity index (χ3n) is 6.94. The minimum atomic E-state index is -1.12. The van der Waals surface area contributed by atoms with Gasteiger partial charge in [0.2, 0.25) is 0 Å². The highest BCUT2D eigenvalue weighted by Crippen LogP contribution is 2.50. The molecule has 7 heteroatoms. The minimum absolute atomic E-state index is 0.0723. The van der Waals surface area contributed by atoms with E-state index in [-0.39, 0.29) is 17.4 Å². The van der Waals surface area contributed by atoms with Crippen LogP contribution in [0.2, 0.25) is 0 Å². The van der Waals surface area contributed by atoms with Crippen molar-refractivity contribution >= 4 is 17.6 Å². The Morgan fingerprint density at radius 1 is 1.15 bits per heavy atom. The molecule has 0 radical (unpaired) electrons. The molecule has 3 aliphatic rings. The van der Waals surface area contributed by atoms with E-state index in [2.05, 4.69) is 32.9 Å². The zero-order valence-corrected chi connectivity index (χ0v) is 20.1. The zero-order valence-electron chi connectivity index (χ0n) is 20.1. The highest BCUT2D eigenvalue weighted by Gasteiger charge is 2.46. The van der Waals surface area contributed by atoms with Crippen molar-refractivity contribution in [1.82, 2.24) is 0 Å². The van der Waals surface area contributed by atoms with Gasteiger partial charge in [0.1, 0.15) is 25.4 Å². The molecule has 34 heavy (non-hydrogen) atoms. The number of carboxylic acids is 1. The number of rotatable bonds is 3. The Balaban J connectivity index is 1.76. The Morgan fingerprint density at radius 3 is 2.65 bits per heavy atom. The number of para-hydroxylation sites is 1. The molecule has 1 amide bonds. The van der Waals surface area contributed by atoms with E-state index in [1.807, 2.05) is 30.0 Å². The number of amides is 1. The first kappa shape index (κ1) is 22.7. The standard InChI is InChI=1S/C27H31NO6/c1-15-12-16-8-9-21(27(2,3)4)28-23(16)18(13-15)24(34-20(26(28)31)14-22(29)30)17-6-5-7-19-25(17)33-11-10-32-19/h5-7,12-13,20-21,24H,8-11,14H2,1-4H3,(H,29,30)/t20-,21+,24-/m1/s1. The smallest absolute Gasteiger partial charge is 0.306 e. The molecule has 0 fully saturated rings. The maximum Gasteiger partial charge on any atom is 0.306 e. The Hall–Kier alpha value is -3.06. The third kappa shape index (κ3) is 3.82. The van der Waals surface area contributed by atoms with Gasteiger partial charge in [-0.15, -0.1) is 0 Å². The van der Waals surface area contributed by atoms with Crippen molar-refractivity contribution in [3.8, 4) is 11.5 Å². The molecule has 1 N–H and O–H groups in total. The molecule has 0 saturated heterocycles. The van der Waals surface area contributed by atoms with Crippen LogP contribution >= 0.6 is 0 Å². The summed E-state index contributed by atoms with van der Waals surface area (Å²) in [5.74, 6) is -0.146. The van der Waals surface area contributed by atoms with E-state index in [4.69, 9.17) is 14.2 Å². The molecule has 180 valence electrons. The van der Waals surface area contributed by atoms with Crippen molar-refractivity contribution in [3.63, 3.8) is 0 Å². The molecule has 2 aromatic carbocycles. The van der Waals surface area contributed by atoms with Crippen LogP contribution in [0, 0.1) is 12.3 Å². The van der Waals surface area contributed by atoms with E-state index < -0.39 is 24.6 Å². The van der Waals surface area contributed by atoms with E-state index >= 15 is 0 Å². The Kier molecular flexibility index (Phi) is 5.55. The predicted octanol–water partition coefficient (Wildman–Crippen LogP) is 4.42. The summed E-state index contributed by atoms with van der Waals surface area (Å²) in [6, 6.07) is 9.75. The number of benzene rings is 2. The monoisotopic (exact) mass is 465 g/mol. The highest BCUT2D eigenvalue weighted by molar-refractivity contribution is 6.01. The fraction of sp³-hybridized carbons (Fsp3) is 0.481. The summed E-state index contributed by atoms with van der Waals surface area (Å²) in [5, 5.41) is 9.64. The topological polar surface area (TPSA) is 85.3 Å². The number of ether oxygens (including phenoxy) is 3. The van der Waals surface area contributed by atoms with Crippen LogP contribution in [-0.2, 0) is 20.7 Å². The van der Waals surface area contributed by atoms with E-state index in [1.165, 1.54) is 0 Å². The lowest BCUT2D eigenvalue weighted by Crippen LogP contribution is -2.53. The summed E-state index contributed by atoms with van der Waals surface area (Å²) in [6.45, 7) is 9.28. The van der Waals surface area contributed by atoms with Gasteiger partial charge in [-0.25, -0.2) is 0 Å². The second-order valence-corrected chi connectivity index (χ2v) is 10.5. The van der Waals surface area contributed by atoms with E-state index in [9.17, 15) is 14.7 Å². The molecule has 5 rings (SSSR count). The number of aryl methyl sites for hydroxylation is 2. The van der Waals surface area contributed by atoms with Crippen molar-refractivity contribution in [3.05, 3.63) is 52.6 Å². The number of hydrogen-bond acceptors (Lipinski definition) is 5. The number of fused-ring (bicyclic) bond motifs is 1. The van der Waals surface area contributed by atoms with Gasteiger partial charge < -0.3 is 24.2 Å². The van der Waals surface area contributed by atoms with Crippen LogP contribution in [0.3, 0.4) is 0 Å². The molecule has 0 aromatic heterocycles. The van der Waals surface area contributed by atoms with Crippen LogP contribution in [0.5, 0.6) is 11.5 Å². The lowest BCUT2D eigenvalue weighted by molar-refractivity contribution is -0.147. The molecule has 2 aromatic rings. The van der Waals surface area contributed by atoms with Gasteiger partial charge in [-0.3, -0.25) is 9.59 Å². The molecule has 0 spiro atoms. The predicted molar refractivity (Wildman–Crippen MR) is 127 cm³/mol. The van der Waals surface area contributed by atoms with Gasteiger partial charge in [-0.1, -0.05) is 50.6 Å². The van der Waals surface area contributed by atoms with Gasteiger partial charge in [-0.2, -0.15) is 0 Å². The molecule has 3 atom stereocenters. The largest absolute Gasteiger partial charge is 0.486 e. The van der Waals surface area contributed by atoms with Crippen molar-refractivity contribution < 1.29 is 28.9 Å². The quantitative estimate of drug-likeness (QED) is 0.722. The maximum atomic E-state index is 14.0. The molecule has 7 nitrogen and oxygen atoms in total. The van der Waals surface area contributed by atoms with Gasteiger partial charge in [0.25, 0.3) is 5.91 Å². The summed E-state index contributed by atoms with van der Waals surface area (Å²) in [5.41, 5.74) is 4.44. The number of anilines is 1. The molecular weight excluding hydrogens is 434 g/mol. The van der Waals surface area contributed by atoms with Crippen LogP contribution in [0.15, 0.2) is 30.3 Å². The molecular formula is C27H31NO6. The number of hydrogen-bond donors (Lipinski definition) is 1. The Bertz CT molecular complexity index is 1150. The second-order valence-electron chi connectivity index (χ2n) is 10.5. The molecule has 0 unspecified atom stereocenters. The molecule has 0 aliphatic carbocycles. The normalized spacial score (nSPS) is 23.8. The van der Waals surface area contributed by atoms with Crippen LogP contribution < -0.4 is 14.4 Å². The van der Waals surface area contributed by atoms with Gasteiger partial charge >= 0.3 is 5.97 Å². The van der Waals surface area contributed by atoms with Gasteiger partial charge in [0.15, 0.2) is 11.5 Å². The van der Waals surface area contributed by atoms with Crippen LogP contribution in [0.4, 0.5) is 5.69 Å². The summed E-state index contributed by atoms with van der Waals surface area (Å²) in [7, 11) is 0. The number of aliphatic carboxylic acids is 1. The van der Waals surface area contributed by atoms with Crippen LogP contribution in [0.1, 0.15) is 62.0 Å². The SMILES string of the molecule is Cc1cc2c3c(c1)[C@@H](c1cccc4c1OCCO4)O[C@H](CC(=O)O)C(=O)N3[C@H](C(C)(C)C)CC2. The second kappa shape index (κ2) is 8.31. The summed E-state index contributed by atoms with van der Waals surface area (Å²) >= 11 is 0. The number of nitrogens with zero attached hydrogens (tertiary/aromatic N) is 1. The van der Waals surface area contributed by atoms with E-state index in [1.54, 1.807) is 0 Å². The molecule has 0 saturated carbocycles. The first-order chi connectivity index (χ1) is 16.1. The van der Waals surface area contributed by atoms with E-state index in [0.717, 1.165) is 40.8 Å². The lowest BCUT2D eigenvalue weighted by atomic mass is 9.78. The van der Waals surface area contributed by atoms with Crippen molar-refractivity contribution in [2.24, 2.45) is 5.41 Å². The van der Waals surface area contributed by atoms with Gasteiger partial charge in [0, 0.05) is 17.2 Å². The van der Waals surface area contributed by atoms with Crippen molar-refractivity contribution in [2.45, 2.75) is 65.2 Å². The first-order valence-electron chi connectivity index (χ1n) is 11.9. The molecule has 3 heterocycles. The fourth-order valence-corrected chi connectivity index (χ4v) is 5.52. The zero-order chi connectivity index (χ0) is 24.2. The van der Waals surface area contributed by atoms with Crippen LogP contribution in [-0.4, -0.2) is 42.3 Å². The summed E-state index contributed by atoms with van der Waals surface area (Å²) in [4.78, 5) is 27.6. The fourth-order valence-electron chi connectivity index (χ4n) is 5.52. The summed E-state index contributed by atoms with van der Waals surface area (Å²) < 4.78 is 18.2. The third-order valence-corrected chi connectivity index (χ3v) is 6.94. The lowest BCUT2D eigenvalue weighted by Gasteiger charge is -2.45. The average Bonchev–Trinajstić information content (AvgIpc) is 2.89. The highest BCUT2D eigenvalue weighted by atomic mass is 16.6. The minimum Gasteiger partial charge on any atom is -0.486 e. The molecule has 3 aliphatic heterocycles. The molecule has 0 bridgehead atoms. The van der Waals surface area contributed by atoms with Gasteiger partial charge in [0.05, 0.1) is 12.1 Å². The van der Waals surface area contributed by atoms with Gasteiger partial charge in [-0.05, 0) is 36.8 Å².